The van der Waals surface area contributed by atoms with E-state index in [1.807, 2.05) is 13.8 Å². The Hall–Kier alpha value is -1.51. The first-order valence-corrected chi connectivity index (χ1v) is 8.55. The summed E-state index contributed by atoms with van der Waals surface area (Å²) in [6, 6.07) is 3.28. The Morgan fingerprint density at radius 2 is 2.14 bits per heavy atom. The van der Waals surface area contributed by atoms with Gasteiger partial charge in [-0.15, -0.1) is 11.3 Å². The number of halogens is 1. The van der Waals surface area contributed by atoms with E-state index in [-0.39, 0.29) is 15.6 Å². The molecule has 0 aliphatic rings. The molecule has 8 heteroatoms. The van der Waals surface area contributed by atoms with E-state index in [9.17, 15) is 12.8 Å². The predicted molar refractivity (Wildman–Crippen MR) is 79.4 cm³/mol. The molecule has 114 valence electrons. The Morgan fingerprint density at radius 3 is 2.71 bits per heavy atom. The normalized spacial score (nSPS) is 11.6. The second-order valence-electron chi connectivity index (χ2n) is 4.39. The number of aryl methyl sites for hydroxylation is 2. The van der Waals surface area contributed by atoms with Crippen molar-refractivity contribution < 1.29 is 17.9 Å². The molecule has 0 aliphatic heterocycles. The van der Waals surface area contributed by atoms with Crippen LogP contribution in [-0.4, -0.2) is 18.5 Å². The van der Waals surface area contributed by atoms with E-state index in [1.54, 1.807) is 0 Å². The van der Waals surface area contributed by atoms with Crippen LogP contribution in [0.2, 0.25) is 0 Å². The highest BCUT2D eigenvalue weighted by Gasteiger charge is 2.18. The summed E-state index contributed by atoms with van der Waals surface area (Å²) >= 11 is 1.25. The third-order valence-corrected chi connectivity index (χ3v) is 5.34. The second kappa shape index (κ2) is 6.08. The third kappa shape index (κ3) is 3.39. The maximum Gasteiger partial charge on any atom is 0.263 e. The van der Waals surface area contributed by atoms with E-state index in [4.69, 9.17) is 5.11 Å². The molecule has 0 saturated carbocycles. The van der Waals surface area contributed by atoms with Gasteiger partial charge in [0.15, 0.2) is 5.13 Å². The maximum atomic E-state index is 13.3. The fourth-order valence-electron chi connectivity index (χ4n) is 1.81. The van der Waals surface area contributed by atoms with Crippen molar-refractivity contribution in [3.05, 3.63) is 40.2 Å². The summed E-state index contributed by atoms with van der Waals surface area (Å²) in [4.78, 5) is 5.04. The summed E-state index contributed by atoms with van der Waals surface area (Å²) in [5.41, 5.74) is 0.773. The van der Waals surface area contributed by atoms with Crippen LogP contribution in [0.3, 0.4) is 0 Å². The average molecular weight is 330 g/mol. The van der Waals surface area contributed by atoms with Crippen molar-refractivity contribution >= 4 is 26.5 Å². The molecule has 5 nitrogen and oxygen atoms in total. The van der Waals surface area contributed by atoms with E-state index in [0.717, 1.165) is 35.2 Å². The monoisotopic (exact) mass is 330 g/mol. The summed E-state index contributed by atoms with van der Waals surface area (Å²) in [6.45, 7) is 3.25. The van der Waals surface area contributed by atoms with E-state index < -0.39 is 22.4 Å². The van der Waals surface area contributed by atoms with Crippen LogP contribution in [0.25, 0.3) is 0 Å². The van der Waals surface area contributed by atoms with Gasteiger partial charge in [0.2, 0.25) is 0 Å². The van der Waals surface area contributed by atoms with Gasteiger partial charge in [-0.3, -0.25) is 4.72 Å². The van der Waals surface area contributed by atoms with Crippen LogP contribution in [0.5, 0.6) is 0 Å². The summed E-state index contributed by atoms with van der Waals surface area (Å²) in [7, 11) is -3.85. The maximum absolute atomic E-state index is 13.3. The summed E-state index contributed by atoms with van der Waals surface area (Å²) in [5, 5.41) is 9.28. The van der Waals surface area contributed by atoms with Crippen molar-refractivity contribution in [2.45, 2.75) is 31.8 Å². The number of aromatic nitrogens is 1. The lowest BCUT2D eigenvalue weighted by Crippen LogP contribution is -2.13. The van der Waals surface area contributed by atoms with Crippen LogP contribution in [0, 0.1) is 12.7 Å². The van der Waals surface area contributed by atoms with Crippen LogP contribution < -0.4 is 4.72 Å². The molecule has 0 unspecified atom stereocenters. The molecule has 1 aromatic heterocycles. The number of thiazole rings is 1. The minimum Gasteiger partial charge on any atom is -0.392 e. The van der Waals surface area contributed by atoms with Crippen LogP contribution in [0.1, 0.15) is 23.1 Å². The van der Waals surface area contributed by atoms with Crippen molar-refractivity contribution in [1.29, 1.82) is 0 Å². The van der Waals surface area contributed by atoms with Crippen LogP contribution in [-0.2, 0) is 23.1 Å². The Bertz CT molecular complexity index is 757. The summed E-state index contributed by atoms with van der Waals surface area (Å²) in [6.07, 6.45) is 0.718. The first-order valence-electron chi connectivity index (χ1n) is 6.25. The second-order valence-corrected chi connectivity index (χ2v) is 7.28. The fourth-order valence-corrected chi connectivity index (χ4v) is 4.00. The largest absolute Gasteiger partial charge is 0.392 e. The van der Waals surface area contributed by atoms with Gasteiger partial charge >= 0.3 is 0 Å². The number of benzene rings is 1. The topological polar surface area (TPSA) is 79.3 Å². The number of nitrogens with one attached hydrogen (secondary N) is 1. The predicted octanol–water partition coefficient (Wildman–Crippen LogP) is 2.45. The molecule has 0 bridgehead atoms. The number of hydrogen-bond donors (Lipinski definition) is 2. The molecule has 2 rings (SSSR count). The molecule has 0 saturated heterocycles. The van der Waals surface area contributed by atoms with Gasteiger partial charge in [0.1, 0.15) is 5.82 Å². The number of anilines is 1. The lowest BCUT2D eigenvalue weighted by Gasteiger charge is -2.07. The number of aliphatic hydroxyl groups is 1. The zero-order valence-corrected chi connectivity index (χ0v) is 13.2. The van der Waals surface area contributed by atoms with E-state index >= 15 is 0 Å². The number of sulfonamides is 1. The van der Waals surface area contributed by atoms with Crippen molar-refractivity contribution in [3.8, 4) is 0 Å². The number of hydrogen-bond acceptors (Lipinski definition) is 5. The lowest BCUT2D eigenvalue weighted by molar-refractivity contribution is 0.275. The Labute approximate surface area is 126 Å². The summed E-state index contributed by atoms with van der Waals surface area (Å²) < 4.78 is 40.2. The van der Waals surface area contributed by atoms with E-state index in [0.29, 0.717) is 0 Å². The highest BCUT2D eigenvalue weighted by atomic mass is 32.2. The van der Waals surface area contributed by atoms with Crippen molar-refractivity contribution in [3.63, 3.8) is 0 Å². The molecule has 0 atom stereocenters. The highest BCUT2D eigenvalue weighted by molar-refractivity contribution is 7.93. The first kappa shape index (κ1) is 15.9. The molecular weight excluding hydrogens is 315 g/mol. The van der Waals surface area contributed by atoms with Crippen LogP contribution >= 0.6 is 11.3 Å². The standard InChI is InChI=1S/C13H15FN2O3S2/c1-3-12-8(2)20-13(15-12)16-21(18,19)10-4-5-11(14)9(6-10)7-17/h4-6,17H,3,7H2,1-2H3,(H,15,16). The van der Waals surface area contributed by atoms with E-state index in [2.05, 4.69) is 9.71 Å². The fraction of sp³-hybridized carbons (Fsp3) is 0.308. The third-order valence-electron chi connectivity index (χ3n) is 2.95. The zero-order chi connectivity index (χ0) is 15.6. The van der Waals surface area contributed by atoms with Gasteiger partial charge in [0, 0.05) is 10.4 Å². The Kier molecular flexibility index (Phi) is 4.60. The minimum absolute atomic E-state index is 0.0672. The quantitative estimate of drug-likeness (QED) is 0.882. The number of rotatable bonds is 5. The molecule has 1 heterocycles. The molecule has 21 heavy (non-hydrogen) atoms. The molecule has 0 fully saturated rings. The van der Waals surface area contributed by atoms with Crippen molar-refractivity contribution in [1.82, 2.24) is 4.98 Å². The van der Waals surface area contributed by atoms with Gasteiger partial charge in [-0.1, -0.05) is 6.92 Å². The first-order chi connectivity index (χ1) is 9.87. The van der Waals surface area contributed by atoms with Gasteiger partial charge in [0.05, 0.1) is 17.2 Å². The number of aliphatic hydroxyl groups excluding tert-OH is 1. The Balaban J connectivity index is 2.33. The van der Waals surface area contributed by atoms with Crippen LogP contribution in [0.4, 0.5) is 9.52 Å². The molecule has 1 aromatic carbocycles. The van der Waals surface area contributed by atoms with E-state index in [1.165, 1.54) is 11.3 Å². The van der Waals surface area contributed by atoms with Gasteiger partial charge in [-0.05, 0) is 31.5 Å². The van der Waals surface area contributed by atoms with Gasteiger partial charge in [0.25, 0.3) is 10.0 Å². The average Bonchev–Trinajstić information content (AvgIpc) is 2.78. The minimum atomic E-state index is -3.85. The van der Waals surface area contributed by atoms with Gasteiger partial charge < -0.3 is 5.11 Å². The molecular formula is C13H15FN2O3S2. The van der Waals surface area contributed by atoms with Gasteiger partial charge in [-0.25, -0.2) is 17.8 Å². The molecule has 0 spiro atoms. The Morgan fingerprint density at radius 1 is 1.43 bits per heavy atom. The lowest BCUT2D eigenvalue weighted by atomic mass is 10.2. The van der Waals surface area contributed by atoms with Crippen LogP contribution in [0.15, 0.2) is 23.1 Å². The van der Waals surface area contributed by atoms with Crippen molar-refractivity contribution in [2.24, 2.45) is 0 Å². The molecule has 0 aliphatic carbocycles. The van der Waals surface area contributed by atoms with Gasteiger partial charge in [-0.2, -0.15) is 0 Å². The number of nitrogens with zero attached hydrogens (tertiary/aromatic N) is 1. The molecule has 2 N–H and O–H groups in total. The molecule has 2 aromatic rings. The zero-order valence-electron chi connectivity index (χ0n) is 11.6. The smallest absolute Gasteiger partial charge is 0.263 e. The molecule has 0 amide bonds. The molecule has 0 radical (unpaired) electrons. The SMILES string of the molecule is CCc1nc(NS(=O)(=O)c2ccc(F)c(CO)c2)sc1C. The van der Waals surface area contributed by atoms with Crippen molar-refractivity contribution in [2.75, 3.05) is 4.72 Å². The highest BCUT2D eigenvalue weighted by Crippen LogP contribution is 2.25. The summed E-state index contributed by atoms with van der Waals surface area (Å²) in [5.74, 6) is -0.644.